The Hall–Kier alpha value is -8.72. The van der Waals surface area contributed by atoms with Gasteiger partial charge in [0, 0.05) is 38.8 Å². The molecule has 0 amide bonds. The van der Waals surface area contributed by atoms with E-state index in [9.17, 15) is 0 Å². The second kappa shape index (κ2) is 15.5. The van der Waals surface area contributed by atoms with Crippen molar-refractivity contribution in [1.29, 1.82) is 0 Å². The third-order valence-electron chi connectivity index (χ3n) is 13.5. The Bertz CT molecular complexity index is 3970. The van der Waals surface area contributed by atoms with Crippen molar-refractivity contribution in [2.45, 2.75) is 0 Å². The minimum atomic E-state index is 1.08. The number of para-hydroxylation sites is 2. The number of hydrogen-bond acceptors (Lipinski definition) is 1. The van der Waals surface area contributed by atoms with Crippen LogP contribution in [-0.2, 0) is 0 Å². The fraction of sp³-hybridized carbons (Fsp3) is 0. The van der Waals surface area contributed by atoms with Gasteiger partial charge in [0.1, 0.15) is 0 Å². The van der Waals surface area contributed by atoms with E-state index in [0.717, 1.165) is 33.9 Å². The van der Waals surface area contributed by atoms with Gasteiger partial charge in [0.05, 0.1) is 16.7 Å². The molecule has 0 spiro atoms. The molecule has 13 aromatic rings. The highest BCUT2D eigenvalue weighted by Gasteiger charge is 2.20. The number of rotatable bonds is 7. The summed E-state index contributed by atoms with van der Waals surface area (Å²) in [5.74, 6) is 0. The quantitative estimate of drug-likeness (QED) is 0.145. The highest BCUT2D eigenvalue weighted by atomic mass is 15.1. The van der Waals surface area contributed by atoms with E-state index < -0.39 is 0 Å². The Morgan fingerprint density at radius 2 is 0.848 bits per heavy atom. The second-order valence-corrected chi connectivity index (χ2v) is 17.3. The summed E-state index contributed by atoms with van der Waals surface area (Å²) in [5, 5.41) is 12.6. The van der Waals surface area contributed by atoms with Crippen LogP contribution in [0.4, 0.5) is 17.1 Å². The summed E-state index contributed by atoms with van der Waals surface area (Å²) in [5.41, 5.74) is 13.9. The van der Waals surface area contributed by atoms with E-state index in [1.807, 2.05) is 0 Å². The third-order valence-corrected chi connectivity index (χ3v) is 13.5. The Labute approximate surface area is 383 Å². The molecule has 0 aliphatic heterocycles. The lowest BCUT2D eigenvalue weighted by molar-refractivity contribution is 1.19. The van der Waals surface area contributed by atoms with Crippen molar-refractivity contribution in [3.8, 4) is 39.1 Å². The molecule has 0 unspecified atom stereocenters. The molecule has 0 bridgehead atoms. The molecule has 0 aliphatic rings. The van der Waals surface area contributed by atoms with E-state index in [1.165, 1.54) is 87.1 Å². The summed E-state index contributed by atoms with van der Waals surface area (Å²) in [6.45, 7) is 0. The number of fused-ring (bicyclic) bond motifs is 10. The van der Waals surface area contributed by atoms with Crippen LogP contribution in [0.25, 0.3) is 104 Å². The Kier molecular flexibility index (Phi) is 8.89. The first-order chi connectivity index (χ1) is 32.7. The molecule has 13 rings (SSSR count). The van der Waals surface area contributed by atoms with E-state index in [2.05, 4.69) is 264 Å². The van der Waals surface area contributed by atoms with Gasteiger partial charge in [0.15, 0.2) is 0 Å². The van der Waals surface area contributed by atoms with Gasteiger partial charge in [-0.05, 0) is 120 Å². The number of anilines is 3. The summed E-state index contributed by atoms with van der Waals surface area (Å²) in [6.07, 6.45) is 0. The standard InChI is InChI=1S/C64H42N2/c1-2-15-43(16-3-1)44-31-36-50(37-32-44)65(51-38-33-47(34-39-51)60-42-49-30-29-45-17-4-6-22-54(45)63(49)58-26-9-8-24-56(58)60)61-27-12-10-21-53(61)48-19-14-20-52(41-48)66-62-28-13-11-25-57(62)59-40-35-46-18-5-7-23-55(46)64(59)66/h1-42H. The lowest BCUT2D eigenvalue weighted by Crippen LogP contribution is -2.11. The lowest BCUT2D eigenvalue weighted by Gasteiger charge is -2.28. The van der Waals surface area contributed by atoms with Crippen LogP contribution in [0.15, 0.2) is 255 Å². The minimum absolute atomic E-state index is 1.08. The monoisotopic (exact) mass is 838 g/mol. The smallest absolute Gasteiger partial charge is 0.0619 e. The van der Waals surface area contributed by atoms with E-state index in [1.54, 1.807) is 0 Å². The van der Waals surface area contributed by atoms with Crippen molar-refractivity contribution >= 4 is 82.0 Å². The first-order valence-corrected chi connectivity index (χ1v) is 22.8. The molecule has 2 nitrogen and oxygen atoms in total. The van der Waals surface area contributed by atoms with Crippen LogP contribution in [0.2, 0.25) is 0 Å². The van der Waals surface area contributed by atoms with Gasteiger partial charge in [-0.15, -0.1) is 0 Å². The van der Waals surface area contributed by atoms with E-state index in [-0.39, 0.29) is 0 Å². The maximum atomic E-state index is 2.46. The van der Waals surface area contributed by atoms with Crippen molar-refractivity contribution in [3.63, 3.8) is 0 Å². The molecular weight excluding hydrogens is 797 g/mol. The van der Waals surface area contributed by atoms with Gasteiger partial charge in [-0.2, -0.15) is 0 Å². The normalized spacial score (nSPS) is 11.6. The van der Waals surface area contributed by atoms with E-state index >= 15 is 0 Å². The Balaban J connectivity index is 0.969. The van der Waals surface area contributed by atoms with Crippen molar-refractivity contribution in [3.05, 3.63) is 255 Å². The molecule has 0 radical (unpaired) electrons. The summed E-state index contributed by atoms with van der Waals surface area (Å²) in [7, 11) is 0. The SMILES string of the molecule is c1ccc(-c2ccc(N(c3ccc(-c4cc5ccc6ccccc6c5c5ccccc45)cc3)c3ccccc3-c3cccc(-n4c5ccccc5c5ccc6ccccc6c54)c3)cc2)cc1. The number of nitrogens with zero attached hydrogens (tertiary/aromatic N) is 2. The summed E-state index contributed by atoms with van der Waals surface area (Å²) in [4.78, 5) is 2.42. The van der Waals surface area contributed by atoms with Crippen molar-refractivity contribution < 1.29 is 0 Å². The van der Waals surface area contributed by atoms with E-state index in [4.69, 9.17) is 0 Å². The average molecular weight is 839 g/mol. The van der Waals surface area contributed by atoms with Crippen molar-refractivity contribution in [2.75, 3.05) is 4.90 Å². The number of benzene rings is 12. The fourth-order valence-corrected chi connectivity index (χ4v) is 10.5. The molecule has 0 saturated heterocycles. The molecule has 0 aliphatic carbocycles. The Morgan fingerprint density at radius 1 is 0.288 bits per heavy atom. The molecule has 0 saturated carbocycles. The largest absolute Gasteiger partial charge is 0.310 e. The van der Waals surface area contributed by atoms with Gasteiger partial charge in [0.25, 0.3) is 0 Å². The fourth-order valence-electron chi connectivity index (χ4n) is 10.5. The average Bonchev–Trinajstić information content (AvgIpc) is 3.74. The highest BCUT2D eigenvalue weighted by molar-refractivity contribution is 6.23. The molecule has 2 heteroatoms. The number of hydrogen-bond donors (Lipinski definition) is 0. The molecular formula is C64H42N2. The molecule has 66 heavy (non-hydrogen) atoms. The zero-order valence-electron chi connectivity index (χ0n) is 36.1. The van der Waals surface area contributed by atoms with Crippen molar-refractivity contribution in [1.82, 2.24) is 4.57 Å². The van der Waals surface area contributed by atoms with Crippen molar-refractivity contribution in [2.24, 2.45) is 0 Å². The predicted octanol–water partition coefficient (Wildman–Crippen LogP) is 17.9. The maximum Gasteiger partial charge on any atom is 0.0619 e. The predicted molar refractivity (Wildman–Crippen MR) is 282 cm³/mol. The molecule has 1 aromatic heterocycles. The molecule has 308 valence electrons. The molecule has 1 heterocycles. The van der Waals surface area contributed by atoms with Crippen LogP contribution in [-0.4, -0.2) is 4.57 Å². The number of aromatic nitrogens is 1. The first kappa shape index (κ1) is 37.8. The lowest BCUT2D eigenvalue weighted by atomic mass is 9.90. The van der Waals surface area contributed by atoms with Gasteiger partial charge in [-0.3, -0.25) is 0 Å². The summed E-state index contributed by atoms with van der Waals surface area (Å²) < 4.78 is 2.46. The topological polar surface area (TPSA) is 8.17 Å². The van der Waals surface area contributed by atoms with Crippen LogP contribution in [0.5, 0.6) is 0 Å². The maximum absolute atomic E-state index is 2.46. The zero-order valence-corrected chi connectivity index (χ0v) is 36.1. The summed E-state index contributed by atoms with van der Waals surface area (Å²) >= 11 is 0. The Morgan fingerprint density at radius 3 is 1.64 bits per heavy atom. The van der Waals surface area contributed by atoms with Gasteiger partial charge in [-0.25, -0.2) is 0 Å². The third kappa shape index (κ3) is 6.18. The molecule has 12 aromatic carbocycles. The van der Waals surface area contributed by atoms with Crippen LogP contribution in [0, 0.1) is 0 Å². The first-order valence-electron chi connectivity index (χ1n) is 22.8. The molecule has 0 N–H and O–H groups in total. The van der Waals surface area contributed by atoms with E-state index in [0.29, 0.717) is 0 Å². The van der Waals surface area contributed by atoms with Crippen LogP contribution >= 0.6 is 0 Å². The molecule has 0 atom stereocenters. The van der Waals surface area contributed by atoms with Gasteiger partial charge < -0.3 is 9.47 Å². The summed E-state index contributed by atoms with van der Waals surface area (Å²) in [6, 6.07) is 93.3. The van der Waals surface area contributed by atoms with Gasteiger partial charge in [0.2, 0.25) is 0 Å². The van der Waals surface area contributed by atoms with Crippen LogP contribution in [0.1, 0.15) is 0 Å². The zero-order chi connectivity index (χ0) is 43.6. The van der Waals surface area contributed by atoms with Crippen LogP contribution in [0.3, 0.4) is 0 Å². The van der Waals surface area contributed by atoms with Gasteiger partial charge >= 0.3 is 0 Å². The van der Waals surface area contributed by atoms with Gasteiger partial charge in [-0.1, -0.05) is 200 Å². The highest BCUT2D eigenvalue weighted by Crippen LogP contribution is 2.45. The second-order valence-electron chi connectivity index (χ2n) is 17.3. The van der Waals surface area contributed by atoms with Crippen LogP contribution < -0.4 is 4.90 Å². The minimum Gasteiger partial charge on any atom is -0.310 e. The molecule has 0 fully saturated rings.